The second kappa shape index (κ2) is 9.29. The van der Waals surface area contributed by atoms with Crippen molar-refractivity contribution in [3.05, 3.63) is 48.0 Å². The van der Waals surface area contributed by atoms with Gasteiger partial charge in [-0.1, -0.05) is 39.0 Å². The number of hydrogen-bond acceptors (Lipinski definition) is 6. The molecule has 8 heteroatoms. The van der Waals surface area contributed by atoms with Gasteiger partial charge in [0.05, 0.1) is 4.90 Å². The summed E-state index contributed by atoms with van der Waals surface area (Å²) in [5.41, 5.74) is 1.11. The Hall–Kier alpha value is -2.29. The lowest BCUT2D eigenvalue weighted by molar-refractivity contribution is 0.0835. The topological polar surface area (TPSA) is 77.1 Å². The largest absolute Gasteiger partial charge is 0.488 e. The zero-order valence-corrected chi connectivity index (χ0v) is 19.8. The van der Waals surface area contributed by atoms with Gasteiger partial charge in [0.25, 0.3) is 0 Å². The Kier molecular flexibility index (Phi) is 6.65. The predicted molar refractivity (Wildman–Crippen MR) is 123 cm³/mol. The van der Waals surface area contributed by atoms with E-state index < -0.39 is 10.0 Å². The number of likely N-dealkylation sites (tertiary alicyclic amines) is 1. The Labute approximate surface area is 190 Å². The number of nitrogens with one attached hydrogen (secondary N) is 1. The van der Waals surface area contributed by atoms with E-state index in [4.69, 9.17) is 14.2 Å². The highest BCUT2D eigenvalue weighted by Crippen LogP contribution is 2.38. The molecular formula is C24H32N2O5S. The van der Waals surface area contributed by atoms with E-state index >= 15 is 0 Å². The maximum absolute atomic E-state index is 12.6. The van der Waals surface area contributed by atoms with Crippen LogP contribution in [0.3, 0.4) is 0 Å². The quantitative estimate of drug-likeness (QED) is 0.653. The smallest absolute Gasteiger partial charge is 0.240 e. The van der Waals surface area contributed by atoms with Crippen molar-refractivity contribution >= 4 is 10.0 Å². The summed E-state index contributed by atoms with van der Waals surface area (Å²) in [5, 5.41) is 0. The summed E-state index contributed by atoms with van der Waals surface area (Å²) >= 11 is 0. The van der Waals surface area contributed by atoms with Crippen LogP contribution in [0.4, 0.5) is 0 Å². The number of fused-ring (bicyclic) bond motifs is 1. The fraction of sp³-hybridized carbons (Fsp3) is 0.500. The number of para-hydroxylation sites is 1. The van der Waals surface area contributed by atoms with Gasteiger partial charge in [0.1, 0.15) is 19.8 Å². The molecule has 32 heavy (non-hydrogen) atoms. The van der Waals surface area contributed by atoms with E-state index in [-0.39, 0.29) is 5.41 Å². The molecular weight excluding hydrogens is 428 g/mol. The third kappa shape index (κ3) is 5.36. The van der Waals surface area contributed by atoms with Crippen LogP contribution in [0.25, 0.3) is 0 Å². The normalized spacial score (nSPS) is 17.1. The first kappa shape index (κ1) is 22.9. The van der Waals surface area contributed by atoms with Crippen LogP contribution in [0.2, 0.25) is 0 Å². The first-order valence-corrected chi connectivity index (χ1v) is 12.5. The van der Waals surface area contributed by atoms with Crippen LogP contribution in [0.15, 0.2) is 47.4 Å². The molecule has 0 aliphatic carbocycles. The predicted octanol–water partition coefficient (Wildman–Crippen LogP) is 3.04. The molecule has 0 saturated carbocycles. The summed E-state index contributed by atoms with van der Waals surface area (Å²) in [6.07, 6.45) is 0. The van der Waals surface area contributed by atoms with Gasteiger partial charge < -0.3 is 14.2 Å². The lowest BCUT2D eigenvalue weighted by Crippen LogP contribution is -2.52. The van der Waals surface area contributed by atoms with Crippen molar-refractivity contribution in [2.24, 2.45) is 5.92 Å². The molecule has 1 N–H and O–H groups in total. The highest BCUT2D eigenvalue weighted by atomic mass is 32.2. The zero-order chi connectivity index (χ0) is 22.8. The second-order valence-corrected chi connectivity index (χ2v) is 11.1. The highest BCUT2D eigenvalue weighted by Gasteiger charge is 2.28. The fourth-order valence-electron chi connectivity index (χ4n) is 3.88. The van der Waals surface area contributed by atoms with Gasteiger partial charge in [-0.25, -0.2) is 13.1 Å². The molecule has 4 rings (SSSR count). The fourth-order valence-corrected chi connectivity index (χ4v) is 4.99. The minimum absolute atomic E-state index is 0.00448. The van der Waals surface area contributed by atoms with Crippen molar-refractivity contribution in [3.8, 4) is 17.2 Å². The van der Waals surface area contributed by atoms with E-state index in [9.17, 15) is 8.42 Å². The highest BCUT2D eigenvalue weighted by molar-refractivity contribution is 7.89. The van der Waals surface area contributed by atoms with Crippen LogP contribution >= 0.6 is 0 Å². The minimum Gasteiger partial charge on any atom is -0.488 e. The molecule has 0 unspecified atom stereocenters. The maximum Gasteiger partial charge on any atom is 0.240 e. The standard InChI is InChI=1S/C24H32N2O5S/c1-24(2,3)19-7-9-20(10-8-19)32(27,28)25-15-18-16-26(17-18)11-12-29-21-5-4-6-22-23(21)31-14-13-30-22/h4-10,18,25H,11-17H2,1-3H3. The van der Waals surface area contributed by atoms with E-state index in [1.807, 2.05) is 30.3 Å². The monoisotopic (exact) mass is 460 g/mol. The van der Waals surface area contributed by atoms with Crippen LogP contribution < -0.4 is 18.9 Å². The van der Waals surface area contributed by atoms with E-state index in [0.717, 1.165) is 30.9 Å². The zero-order valence-electron chi connectivity index (χ0n) is 19.0. The molecule has 0 aromatic heterocycles. The third-order valence-electron chi connectivity index (χ3n) is 5.82. The number of ether oxygens (including phenoxy) is 3. The Morgan fingerprint density at radius 2 is 1.78 bits per heavy atom. The van der Waals surface area contributed by atoms with Gasteiger partial charge in [-0.15, -0.1) is 0 Å². The van der Waals surface area contributed by atoms with Gasteiger partial charge in [-0.3, -0.25) is 4.90 Å². The summed E-state index contributed by atoms with van der Waals surface area (Å²) in [5.74, 6) is 2.40. The Morgan fingerprint density at radius 1 is 1.06 bits per heavy atom. The number of sulfonamides is 1. The van der Waals surface area contributed by atoms with Crippen LogP contribution in [0, 0.1) is 5.92 Å². The number of rotatable bonds is 8. The summed E-state index contributed by atoms with van der Waals surface area (Å²) in [7, 11) is -3.49. The molecule has 0 spiro atoms. The van der Waals surface area contributed by atoms with Crippen LogP contribution in [-0.4, -0.2) is 59.3 Å². The van der Waals surface area contributed by atoms with Crippen molar-refractivity contribution in [1.82, 2.24) is 9.62 Å². The van der Waals surface area contributed by atoms with Gasteiger partial charge in [-0.05, 0) is 41.2 Å². The molecule has 2 heterocycles. The molecule has 174 valence electrons. The lowest BCUT2D eigenvalue weighted by atomic mass is 9.87. The van der Waals surface area contributed by atoms with Crippen LogP contribution in [-0.2, 0) is 15.4 Å². The first-order chi connectivity index (χ1) is 15.2. The average molecular weight is 461 g/mol. The Balaban J connectivity index is 1.19. The minimum atomic E-state index is -3.49. The molecule has 1 saturated heterocycles. The van der Waals surface area contributed by atoms with Gasteiger partial charge in [0.15, 0.2) is 11.5 Å². The van der Waals surface area contributed by atoms with Gasteiger partial charge in [-0.2, -0.15) is 0 Å². The van der Waals surface area contributed by atoms with Gasteiger partial charge >= 0.3 is 0 Å². The first-order valence-electron chi connectivity index (χ1n) is 11.1. The van der Waals surface area contributed by atoms with Crippen molar-refractivity contribution in [2.45, 2.75) is 31.1 Å². The van der Waals surface area contributed by atoms with Crippen molar-refractivity contribution in [3.63, 3.8) is 0 Å². The maximum atomic E-state index is 12.6. The van der Waals surface area contributed by atoms with Gasteiger partial charge in [0.2, 0.25) is 15.8 Å². The Bertz CT molecular complexity index is 1030. The van der Waals surface area contributed by atoms with Crippen molar-refractivity contribution < 1.29 is 22.6 Å². The lowest BCUT2D eigenvalue weighted by Gasteiger charge is -2.39. The molecule has 0 amide bonds. The van der Waals surface area contributed by atoms with Crippen LogP contribution in [0.5, 0.6) is 17.2 Å². The second-order valence-electron chi connectivity index (χ2n) is 9.38. The van der Waals surface area contributed by atoms with E-state index in [1.54, 1.807) is 12.1 Å². The molecule has 2 aromatic carbocycles. The number of nitrogens with zero attached hydrogens (tertiary/aromatic N) is 1. The molecule has 0 radical (unpaired) electrons. The molecule has 2 aromatic rings. The summed E-state index contributed by atoms with van der Waals surface area (Å²) < 4.78 is 45.1. The number of hydrogen-bond donors (Lipinski definition) is 1. The van der Waals surface area contributed by atoms with Crippen molar-refractivity contribution in [2.75, 3.05) is 46.0 Å². The van der Waals surface area contributed by atoms with E-state index in [2.05, 4.69) is 30.4 Å². The van der Waals surface area contributed by atoms with E-state index in [1.165, 1.54) is 0 Å². The molecule has 1 fully saturated rings. The molecule has 0 bridgehead atoms. The Morgan fingerprint density at radius 3 is 2.50 bits per heavy atom. The summed E-state index contributed by atoms with van der Waals surface area (Å²) in [4.78, 5) is 2.57. The molecule has 0 atom stereocenters. The number of benzene rings is 2. The van der Waals surface area contributed by atoms with Gasteiger partial charge in [0, 0.05) is 26.2 Å². The van der Waals surface area contributed by atoms with E-state index in [0.29, 0.717) is 48.7 Å². The van der Waals surface area contributed by atoms with Crippen LogP contribution in [0.1, 0.15) is 26.3 Å². The third-order valence-corrected chi connectivity index (χ3v) is 7.26. The molecule has 7 nitrogen and oxygen atoms in total. The summed E-state index contributed by atoms with van der Waals surface area (Å²) in [6.45, 7) is 10.9. The van der Waals surface area contributed by atoms with Crippen molar-refractivity contribution in [1.29, 1.82) is 0 Å². The SMILES string of the molecule is CC(C)(C)c1ccc(S(=O)(=O)NCC2CN(CCOc3cccc4c3OCCO4)C2)cc1. The average Bonchev–Trinajstić information content (AvgIpc) is 2.74. The molecule has 2 aliphatic heterocycles. The molecule has 2 aliphatic rings. The summed E-state index contributed by atoms with van der Waals surface area (Å²) in [6, 6.07) is 12.8.